The molecule has 1 aliphatic heterocycles. The number of hydrogen-bond donors (Lipinski definition) is 2. The highest BCUT2D eigenvalue weighted by Gasteiger charge is 2.17. The highest BCUT2D eigenvalue weighted by Crippen LogP contribution is 2.25. The van der Waals surface area contributed by atoms with Crippen molar-refractivity contribution in [2.45, 2.75) is 18.9 Å². The molecule has 18 heavy (non-hydrogen) atoms. The topological polar surface area (TPSA) is 41.1 Å². The van der Waals surface area contributed by atoms with Crippen molar-refractivity contribution < 1.29 is 4.79 Å². The smallest absolute Gasteiger partial charge is 0.261 e. The molecule has 3 rings (SSSR count). The highest BCUT2D eigenvalue weighted by atomic mass is 32.1. The molecule has 1 saturated heterocycles. The number of fused-ring (bicyclic) bond motifs is 1. The minimum atomic E-state index is 0.0601. The fourth-order valence-corrected chi connectivity index (χ4v) is 3.29. The average Bonchev–Trinajstić information content (AvgIpc) is 2.84. The molecule has 94 valence electrons. The summed E-state index contributed by atoms with van der Waals surface area (Å²) in [5.41, 5.74) is 0. The first-order valence-corrected chi connectivity index (χ1v) is 7.15. The molecule has 0 bridgehead atoms. The van der Waals surface area contributed by atoms with Crippen LogP contribution in [-0.4, -0.2) is 25.0 Å². The summed E-state index contributed by atoms with van der Waals surface area (Å²) in [4.78, 5) is 13.0. The second kappa shape index (κ2) is 5.08. The van der Waals surface area contributed by atoms with Gasteiger partial charge in [0.25, 0.3) is 5.91 Å². The molecule has 1 aliphatic rings. The van der Waals surface area contributed by atoms with Gasteiger partial charge in [0.05, 0.1) is 4.88 Å². The van der Waals surface area contributed by atoms with Crippen LogP contribution in [0.2, 0.25) is 0 Å². The van der Waals surface area contributed by atoms with Gasteiger partial charge in [-0.1, -0.05) is 18.2 Å². The van der Waals surface area contributed by atoms with Gasteiger partial charge in [-0.25, -0.2) is 0 Å². The summed E-state index contributed by atoms with van der Waals surface area (Å²) in [6.45, 7) is 1.95. The lowest BCUT2D eigenvalue weighted by Gasteiger charge is -2.23. The third-order valence-corrected chi connectivity index (χ3v) is 4.40. The largest absolute Gasteiger partial charge is 0.347 e. The normalized spacial score (nSPS) is 19.9. The zero-order valence-corrected chi connectivity index (χ0v) is 10.9. The van der Waals surface area contributed by atoms with Crippen LogP contribution in [0.1, 0.15) is 22.5 Å². The number of carbonyl (C=O) groups is 1. The molecule has 1 amide bonds. The number of hydrogen-bond acceptors (Lipinski definition) is 3. The minimum absolute atomic E-state index is 0.0601. The van der Waals surface area contributed by atoms with Crippen LogP contribution in [0.3, 0.4) is 0 Å². The predicted octanol–water partition coefficient (Wildman–Crippen LogP) is 2.38. The standard InChI is InChI=1S/C14H16N2OS/c17-14(16-11-5-3-7-15-9-11)13-8-10-4-1-2-6-12(10)18-13/h1-2,4,6,8,11,15H,3,5,7,9H2,(H,16,17)/t11-/m0/s1. The maximum Gasteiger partial charge on any atom is 0.261 e. The molecule has 2 aromatic rings. The molecule has 1 aromatic heterocycles. The van der Waals surface area contributed by atoms with E-state index in [-0.39, 0.29) is 11.9 Å². The van der Waals surface area contributed by atoms with Gasteiger partial charge in [-0.15, -0.1) is 11.3 Å². The van der Waals surface area contributed by atoms with E-state index in [1.807, 2.05) is 24.3 Å². The van der Waals surface area contributed by atoms with Crippen molar-refractivity contribution in [3.63, 3.8) is 0 Å². The Kier molecular flexibility index (Phi) is 3.30. The van der Waals surface area contributed by atoms with E-state index in [1.54, 1.807) is 11.3 Å². The van der Waals surface area contributed by atoms with Gasteiger partial charge in [0.2, 0.25) is 0 Å². The Morgan fingerprint density at radius 1 is 1.39 bits per heavy atom. The molecule has 2 heterocycles. The first kappa shape index (κ1) is 11.7. The second-order valence-electron chi connectivity index (χ2n) is 4.67. The fraction of sp³-hybridized carbons (Fsp3) is 0.357. The Morgan fingerprint density at radius 2 is 2.28 bits per heavy atom. The average molecular weight is 260 g/mol. The van der Waals surface area contributed by atoms with Crippen LogP contribution in [0, 0.1) is 0 Å². The third kappa shape index (κ3) is 2.40. The van der Waals surface area contributed by atoms with Crippen molar-refractivity contribution in [2.75, 3.05) is 13.1 Å². The summed E-state index contributed by atoms with van der Waals surface area (Å²) in [5.74, 6) is 0.0601. The molecule has 4 heteroatoms. The number of benzene rings is 1. The first-order chi connectivity index (χ1) is 8.83. The van der Waals surface area contributed by atoms with E-state index in [2.05, 4.69) is 16.7 Å². The molecule has 0 aliphatic carbocycles. The van der Waals surface area contributed by atoms with Crippen LogP contribution >= 0.6 is 11.3 Å². The molecule has 0 radical (unpaired) electrons. The summed E-state index contributed by atoms with van der Waals surface area (Å²) in [5, 5.41) is 7.56. The van der Waals surface area contributed by atoms with Crippen molar-refractivity contribution in [3.8, 4) is 0 Å². The number of piperidine rings is 1. The zero-order valence-electron chi connectivity index (χ0n) is 10.1. The lowest BCUT2D eigenvalue weighted by atomic mass is 10.1. The predicted molar refractivity (Wildman–Crippen MR) is 75.2 cm³/mol. The van der Waals surface area contributed by atoms with E-state index in [1.165, 1.54) is 4.70 Å². The van der Waals surface area contributed by atoms with Crippen molar-refractivity contribution >= 4 is 27.3 Å². The maximum atomic E-state index is 12.2. The molecule has 0 unspecified atom stereocenters. The van der Waals surface area contributed by atoms with E-state index in [9.17, 15) is 4.79 Å². The first-order valence-electron chi connectivity index (χ1n) is 6.33. The van der Waals surface area contributed by atoms with Crippen LogP contribution < -0.4 is 10.6 Å². The van der Waals surface area contributed by atoms with E-state index >= 15 is 0 Å². The van der Waals surface area contributed by atoms with Crippen LogP contribution in [0.5, 0.6) is 0 Å². The van der Waals surface area contributed by atoms with E-state index < -0.39 is 0 Å². The van der Waals surface area contributed by atoms with E-state index in [0.717, 1.165) is 36.2 Å². The third-order valence-electron chi connectivity index (χ3n) is 3.28. The summed E-state index contributed by atoms with van der Waals surface area (Å²) < 4.78 is 1.17. The molecule has 2 N–H and O–H groups in total. The lowest BCUT2D eigenvalue weighted by molar-refractivity contribution is 0.0935. The number of amides is 1. The van der Waals surface area contributed by atoms with Gasteiger partial charge in [0, 0.05) is 17.3 Å². The SMILES string of the molecule is O=C(N[C@H]1CCCNC1)c1cc2ccccc2s1. The molecular formula is C14H16N2OS. The Labute approximate surface area is 110 Å². The summed E-state index contributed by atoms with van der Waals surface area (Å²) >= 11 is 1.56. The Bertz CT molecular complexity index is 525. The molecule has 3 nitrogen and oxygen atoms in total. The molecule has 1 fully saturated rings. The Hall–Kier alpha value is -1.39. The summed E-state index contributed by atoms with van der Waals surface area (Å²) in [7, 11) is 0. The zero-order chi connectivity index (χ0) is 12.4. The van der Waals surface area contributed by atoms with Gasteiger partial charge in [-0.3, -0.25) is 4.79 Å². The minimum Gasteiger partial charge on any atom is -0.347 e. The van der Waals surface area contributed by atoms with Crippen LogP contribution in [-0.2, 0) is 0 Å². The number of thiophene rings is 1. The van der Waals surface area contributed by atoms with E-state index in [0.29, 0.717) is 0 Å². The summed E-state index contributed by atoms with van der Waals surface area (Å²) in [6, 6.07) is 10.4. The fourth-order valence-electron chi connectivity index (χ4n) is 2.33. The number of carbonyl (C=O) groups excluding carboxylic acids is 1. The highest BCUT2D eigenvalue weighted by molar-refractivity contribution is 7.20. The quantitative estimate of drug-likeness (QED) is 0.870. The summed E-state index contributed by atoms with van der Waals surface area (Å²) in [6.07, 6.45) is 2.21. The van der Waals surface area contributed by atoms with Gasteiger partial charge in [0.1, 0.15) is 0 Å². The van der Waals surface area contributed by atoms with Crippen LogP contribution in [0.4, 0.5) is 0 Å². The molecular weight excluding hydrogens is 244 g/mol. The number of rotatable bonds is 2. The number of nitrogens with one attached hydrogen (secondary N) is 2. The van der Waals surface area contributed by atoms with Crippen molar-refractivity contribution in [3.05, 3.63) is 35.2 Å². The lowest BCUT2D eigenvalue weighted by Crippen LogP contribution is -2.45. The van der Waals surface area contributed by atoms with Crippen LogP contribution in [0.25, 0.3) is 10.1 Å². The Balaban J connectivity index is 1.74. The van der Waals surface area contributed by atoms with Gasteiger partial charge < -0.3 is 10.6 Å². The molecule has 0 saturated carbocycles. The van der Waals surface area contributed by atoms with Crippen molar-refractivity contribution in [2.24, 2.45) is 0 Å². The Morgan fingerprint density at radius 3 is 3.06 bits per heavy atom. The van der Waals surface area contributed by atoms with Crippen LogP contribution in [0.15, 0.2) is 30.3 Å². The van der Waals surface area contributed by atoms with Gasteiger partial charge in [-0.2, -0.15) is 0 Å². The maximum absolute atomic E-state index is 12.2. The molecule has 0 spiro atoms. The molecule has 1 atom stereocenters. The second-order valence-corrected chi connectivity index (χ2v) is 5.75. The van der Waals surface area contributed by atoms with Gasteiger partial charge in [0.15, 0.2) is 0 Å². The van der Waals surface area contributed by atoms with Crippen molar-refractivity contribution in [1.29, 1.82) is 0 Å². The monoisotopic (exact) mass is 260 g/mol. The van der Waals surface area contributed by atoms with Gasteiger partial charge in [-0.05, 0) is 36.9 Å². The molecule has 1 aromatic carbocycles. The van der Waals surface area contributed by atoms with Gasteiger partial charge >= 0.3 is 0 Å². The van der Waals surface area contributed by atoms with Crippen molar-refractivity contribution in [1.82, 2.24) is 10.6 Å². The van der Waals surface area contributed by atoms with E-state index in [4.69, 9.17) is 0 Å².